The normalized spacial score (nSPS) is 28.2. The van der Waals surface area contributed by atoms with Gasteiger partial charge in [0.15, 0.2) is 18.7 Å². The molecule has 25 heteroatoms. The van der Waals surface area contributed by atoms with Crippen LogP contribution in [-0.2, 0) is 61.2 Å². The first-order valence-corrected chi connectivity index (χ1v) is 38.2. The maximum Gasteiger partial charge on any atom is 0.472 e. The number of rotatable bonds is 56. The van der Waals surface area contributed by atoms with Crippen LogP contribution in [0, 0.1) is 0 Å². The number of carbonyl (C=O) groups excluding carboxylic acids is 3. The Labute approximate surface area is 566 Å². The summed E-state index contributed by atoms with van der Waals surface area (Å²) in [4.78, 5) is 50.7. The maximum absolute atomic E-state index is 14.3. The molecule has 2 saturated heterocycles. The van der Waals surface area contributed by atoms with Crippen LogP contribution in [0.25, 0.3) is 0 Å². The summed E-state index contributed by atoms with van der Waals surface area (Å²) in [6, 6.07) is 0. The molecule has 1 saturated carbocycles. The average molecular weight is 1380 g/mol. The van der Waals surface area contributed by atoms with Gasteiger partial charge in [-0.3, -0.25) is 18.6 Å². The smallest absolute Gasteiger partial charge is 0.463 e. The Kier molecular flexibility index (Phi) is 47.8. The van der Waals surface area contributed by atoms with E-state index in [-0.39, 0.29) is 12.8 Å². The molecule has 0 aromatic rings. The number of phosphoric ester groups is 1. The molecule has 0 radical (unpaired) electrons. The standard InChI is InChI=1S/C70H127O24P/c1-4-7-10-13-16-19-22-25-26-28-31-32-35-38-41-44-54(72)86-48-51(89-56(74)46-43-40-37-34-29-24-21-18-15-12-9-6-3)49-88-95(84,85)94-68-66(92-69-64(82)59(77)57(75)52(47-71)90-69)62(80)61(79)63(81)67(68)93-70-65(83)60(78)58(76)53(91-70)50-87-55(73)45-42-39-36-33-30-27-23-20-17-14-11-8-5-2/h35,38,41,44,51-53,57-71,75-83H,4-34,36-37,39-40,42-43,45-50H2,1-3H3,(H,84,85)/b38-35+,44-41+. The van der Waals surface area contributed by atoms with Crippen molar-refractivity contribution in [2.24, 2.45) is 0 Å². The van der Waals surface area contributed by atoms with Crippen LogP contribution in [0.3, 0.4) is 0 Å². The van der Waals surface area contributed by atoms with E-state index < -0.39 is 156 Å². The number of unbranched alkanes of at least 4 members (excludes halogenated alkanes) is 34. The van der Waals surface area contributed by atoms with Gasteiger partial charge in [-0.2, -0.15) is 0 Å². The molecule has 18 atom stereocenters. The molecule has 11 N–H and O–H groups in total. The zero-order valence-corrected chi connectivity index (χ0v) is 58.6. The molecule has 0 aromatic carbocycles. The third kappa shape index (κ3) is 36.1. The minimum atomic E-state index is -5.71. The third-order valence-electron chi connectivity index (χ3n) is 18.1. The Morgan fingerprint density at radius 3 is 1.24 bits per heavy atom. The van der Waals surface area contributed by atoms with Crippen molar-refractivity contribution in [2.75, 3.05) is 26.4 Å². The first-order valence-electron chi connectivity index (χ1n) is 36.7. The summed E-state index contributed by atoms with van der Waals surface area (Å²) in [6.07, 6.45) is 11.9. The lowest BCUT2D eigenvalue weighted by Crippen LogP contribution is -2.69. The maximum atomic E-state index is 14.3. The molecule has 18 unspecified atom stereocenters. The number of hydrogen-bond donors (Lipinski definition) is 11. The number of ether oxygens (including phenoxy) is 7. The van der Waals surface area contributed by atoms with E-state index in [0.717, 1.165) is 96.0 Å². The molecular weight excluding hydrogens is 1260 g/mol. The summed E-state index contributed by atoms with van der Waals surface area (Å²) in [6.45, 7) is 3.31. The van der Waals surface area contributed by atoms with Gasteiger partial charge in [-0.15, -0.1) is 0 Å². The highest BCUT2D eigenvalue weighted by Crippen LogP contribution is 2.49. The fraction of sp³-hybridized carbons (Fsp3) is 0.900. The van der Waals surface area contributed by atoms with Crippen LogP contribution in [0.1, 0.15) is 271 Å². The molecule has 2 aliphatic heterocycles. The summed E-state index contributed by atoms with van der Waals surface area (Å²) in [5.41, 5.74) is 0. The number of esters is 3. The molecule has 95 heavy (non-hydrogen) atoms. The van der Waals surface area contributed by atoms with Crippen molar-refractivity contribution in [1.29, 1.82) is 0 Å². The molecule has 556 valence electrons. The van der Waals surface area contributed by atoms with E-state index in [2.05, 4.69) is 20.8 Å². The van der Waals surface area contributed by atoms with Crippen LogP contribution < -0.4 is 0 Å². The van der Waals surface area contributed by atoms with E-state index in [9.17, 15) is 74.9 Å². The second-order valence-corrected chi connectivity index (χ2v) is 27.8. The largest absolute Gasteiger partial charge is 0.472 e. The first kappa shape index (κ1) is 86.7. The molecule has 2 heterocycles. The minimum Gasteiger partial charge on any atom is -0.463 e. The van der Waals surface area contributed by atoms with Gasteiger partial charge in [0.05, 0.1) is 13.2 Å². The van der Waals surface area contributed by atoms with Crippen LogP contribution in [0.5, 0.6) is 0 Å². The third-order valence-corrected chi connectivity index (χ3v) is 19.1. The summed E-state index contributed by atoms with van der Waals surface area (Å²) < 4.78 is 64.7. The van der Waals surface area contributed by atoms with Crippen LogP contribution in [0.2, 0.25) is 0 Å². The fourth-order valence-electron chi connectivity index (χ4n) is 12.1. The SMILES string of the molecule is CCCCCCCCCCCCC/C=C/C=C/C(=O)OCC(COP(=O)(O)OC1C(OC2OC(CO)C(O)C(O)C2O)C(O)C(O)C(O)C1OC1OC(COC(=O)CCCCCCCCCCCCCCC)C(O)C(O)C1O)OC(=O)CCCCCCCCCCCCCC. The number of hydrogen-bond acceptors (Lipinski definition) is 23. The van der Waals surface area contributed by atoms with Crippen LogP contribution >= 0.6 is 7.82 Å². The number of carbonyl (C=O) groups is 3. The topological polar surface area (TPSA) is 374 Å². The van der Waals surface area contributed by atoms with E-state index in [1.165, 1.54) is 141 Å². The number of allylic oxidation sites excluding steroid dienone is 3. The van der Waals surface area contributed by atoms with Crippen LogP contribution in [0.15, 0.2) is 24.3 Å². The van der Waals surface area contributed by atoms with E-state index in [4.69, 9.17) is 42.2 Å². The van der Waals surface area contributed by atoms with Crippen LogP contribution in [-0.4, -0.2) is 204 Å². The molecule has 0 spiro atoms. The van der Waals surface area contributed by atoms with Gasteiger partial charge in [-0.25, -0.2) is 9.36 Å². The lowest BCUT2D eigenvalue weighted by molar-refractivity contribution is -0.360. The molecule has 0 amide bonds. The zero-order chi connectivity index (χ0) is 69.6. The van der Waals surface area contributed by atoms with Crippen LogP contribution in [0.4, 0.5) is 0 Å². The Hall–Kier alpha value is -2.56. The Bertz CT molecular complexity index is 2070. The monoisotopic (exact) mass is 1380 g/mol. The molecule has 24 nitrogen and oxygen atoms in total. The van der Waals surface area contributed by atoms with Crippen molar-refractivity contribution in [2.45, 2.75) is 375 Å². The molecule has 0 bridgehead atoms. The van der Waals surface area contributed by atoms with Gasteiger partial charge in [0.25, 0.3) is 0 Å². The molecule has 3 rings (SSSR count). The summed E-state index contributed by atoms with van der Waals surface area (Å²) in [7, 11) is -5.71. The van der Waals surface area contributed by atoms with Gasteiger partial charge >= 0.3 is 25.7 Å². The second kappa shape index (κ2) is 52.4. The highest BCUT2D eigenvalue weighted by atomic mass is 31.2. The Morgan fingerprint density at radius 2 is 0.811 bits per heavy atom. The number of aliphatic hydroxyl groups is 10. The predicted molar refractivity (Wildman–Crippen MR) is 356 cm³/mol. The van der Waals surface area contributed by atoms with Gasteiger partial charge in [0.1, 0.15) is 98.7 Å². The Morgan fingerprint density at radius 1 is 0.432 bits per heavy atom. The van der Waals surface area contributed by atoms with E-state index >= 15 is 0 Å². The summed E-state index contributed by atoms with van der Waals surface area (Å²) in [5.74, 6) is -2.24. The molecule has 0 aromatic heterocycles. The molecule has 3 fully saturated rings. The van der Waals surface area contributed by atoms with Crippen molar-refractivity contribution in [3.8, 4) is 0 Å². The van der Waals surface area contributed by atoms with Gasteiger partial charge in [-0.05, 0) is 25.7 Å². The molecular formula is C70H127O24P. The summed E-state index contributed by atoms with van der Waals surface area (Å²) in [5, 5.41) is 110. The van der Waals surface area contributed by atoms with E-state index in [1.54, 1.807) is 6.08 Å². The highest BCUT2D eigenvalue weighted by Gasteiger charge is 2.58. The van der Waals surface area contributed by atoms with Crippen molar-refractivity contribution >= 4 is 25.7 Å². The quantitative estimate of drug-likeness (QED) is 0.00674. The van der Waals surface area contributed by atoms with Crippen molar-refractivity contribution in [3.63, 3.8) is 0 Å². The van der Waals surface area contributed by atoms with Gasteiger partial charge < -0.3 is 89.1 Å². The first-order chi connectivity index (χ1) is 45.8. The van der Waals surface area contributed by atoms with Crippen molar-refractivity contribution < 1.29 is 117 Å². The fourth-order valence-corrected chi connectivity index (χ4v) is 13.0. The summed E-state index contributed by atoms with van der Waals surface area (Å²) >= 11 is 0. The van der Waals surface area contributed by atoms with Crippen molar-refractivity contribution in [1.82, 2.24) is 0 Å². The van der Waals surface area contributed by atoms with E-state index in [1.807, 2.05) is 6.08 Å². The van der Waals surface area contributed by atoms with Gasteiger partial charge in [0.2, 0.25) is 0 Å². The minimum absolute atomic E-state index is 0.0286. The second-order valence-electron chi connectivity index (χ2n) is 26.4. The average Bonchev–Trinajstić information content (AvgIpc) is 0.764. The lowest BCUT2D eigenvalue weighted by Gasteiger charge is -2.49. The van der Waals surface area contributed by atoms with E-state index in [0.29, 0.717) is 12.8 Å². The predicted octanol–water partition coefficient (Wildman–Crippen LogP) is 9.35. The number of phosphoric acid groups is 1. The Balaban J connectivity index is 1.76. The highest BCUT2D eigenvalue weighted by molar-refractivity contribution is 7.47. The lowest BCUT2D eigenvalue weighted by atomic mass is 9.84. The van der Waals surface area contributed by atoms with Gasteiger partial charge in [0, 0.05) is 18.9 Å². The van der Waals surface area contributed by atoms with Gasteiger partial charge in [-0.1, -0.05) is 251 Å². The van der Waals surface area contributed by atoms with Crippen molar-refractivity contribution in [3.05, 3.63) is 24.3 Å². The molecule has 3 aliphatic rings. The number of aliphatic hydroxyl groups excluding tert-OH is 10. The molecule has 1 aliphatic carbocycles. The zero-order valence-electron chi connectivity index (χ0n) is 57.7.